The lowest BCUT2D eigenvalue weighted by atomic mass is 9.99. The highest BCUT2D eigenvalue weighted by Gasteiger charge is 2.28. The first-order valence-corrected chi connectivity index (χ1v) is 8.69. The summed E-state index contributed by atoms with van der Waals surface area (Å²) in [5, 5.41) is 8.27. The molecule has 3 heterocycles. The summed E-state index contributed by atoms with van der Waals surface area (Å²) >= 11 is 0. The van der Waals surface area contributed by atoms with Crippen LogP contribution >= 0.6 is 0 Å². The molecule has 0 N–H and O–H groups in total. The van der Waals surface area contributed by atoms with Gasteiger partial charge in [0.2, 0.25) is 0 Å². The number of nitrogens with zero attached hydrogens (tertiary/aromatic N) is 5. The maximum absolute atomic E-state index is 13.9. The van der Waals surface area contributed by atoms with Gasteiger partial charge < -0.3 is 4.74 Å². The maximum atomic E-state index is 13.9. The summed E-state index contributed by atoms with van der Waals surface area (Å²) in [6, 6.07) is 4.42. The van der Waals surface area contributed by atoms with E-state index in [4.69, 9.17) is 4.74 Å². The van der Waals surface area contributed by atoms with Crippen LogP contribution in [-0.2, 0) is 11.2 Å². The monoisotopic (exact) mass is 369 g/mol. The molecule has 0 unspecified atom stereocenters. The summed E-state index contributed by atoms with van der Waals surface area (Å²) in [7, 11) is 0. The van der Waals surface area contributed by atoms with E-state index in [1.54, 1.807) is 21.6 Å². The molecule has 0 spiro atoms. The van der Waals surface area contributed by atoms with Crippen molar-refractivity contribution in [3.63, 3.8) is 0 Å². The molecule has 4 rings (SSSR count). The van der Waals surface area contributed by atoms with Crippen LogP contribution in [0.25, 0.3) is 11.4 Å². The molecule has 0 fully saturated rings. The molecule has 0 saturated heterocycles. The number of carbonyl (C=O) groups excluding carboxylic acids is 1. The van der Waals surface area contributed by atoms with Crippen molar-refractivity contribution in [1.82, 2.24) is 24.5 Å². The SMILES string of the molecule is Cc1nnn2c1Cc1c(C(=O)OCC(C)(C)C)ncn1-c1ccc(F)cc1-2. The summed E-state index contributed by atoms with van der Waals surface area (Å²) in [5.41, 5.74) is 3.51. The molecule has 0 bridgehead atoms. The highest BCUT2D eigenvalue weighted by atomic mass is 19.1. The van der Waals surface area contributed by atoms with E-state index in [1.165, 1.54) is 12.1 Å². The van der Waals surface area contributed by atoms with Gasteiger partial charge in [0, 0.05) is 12.5 Å². The lowest BCUT2D eigenvalue weighted by Gasteiger charge is -2.17. The van der Waals surface area contributed by atoms with Crippen LogP contribution in [0.3, 0.4) is 0 Å². The highest BCUT2D eigenvalue weighted by Crippen LogP contribution is 2.30. The average Bonchev–Trinajstić information content (AvgIpc) is 3.14. The predicted molar refractivity (Wildman–Crippen MR) is 95.7 cm³/mol. The molecule has 3 aromatic rings. The van der Waals surface area contributed by atoms with E-state index >= 15 is 0 Å². The van der Waals surface area contributed by atoms with E-state index < -0.39 is 5.97 Å². The largest absolute Gasteiger partial charge is 0.460 e. The van der Waals surface area contributed by atoms with Gasteiger partial charge in [0.1, 0.15) is 12.1 Å². The molecule has 140 valence electrons. The van der Waals surface area contributed by atoms with Gasteiger partial charge in [-0.1, -0.05) is 26.0 Å². The van der Waals surface area contributed by atoms with Crippen molar-refractivity contribution in [2.24, 2.45) is 5.41 Å². The summed E-state index contributed by atoms with van der Waals surface area (Å²) in [6.07, 6.45) is 1.95. The Kier molecular flexibility index (Phi) is 3.87. The third-order valence-corrected chi connectivity index (χ3v) is 4.41. The second kappa shape index (κ2) is 6.00. The minimum absolute atomic E-state index is 0.143. The minimum Gasteiger partial charge on any atom is -0.460 e. The van der Waals surface area contributed by atoms with Crippen LogP contribution in [0.1, 0.15) is 48.3 Å². The summed E-state index contributed by atoms with van der Waals surface area (Å²) < 4.78 is 22.7. The van der Waals surface area contributed by atoms with Gasteiger partial charge in [0.25, 0.3) is 0 Å². The third-order valence-electron chi connectivity index (χ3n) is 4.41. The fraction of sp³-hybridized carbons (Fsp3) is 0.368. The summed E-state index contributed by atoms with van der Waals surface area (Å²) in [6.45, 7) is 8.10. The molecule has 8 heteroatoms. The van der Waals surface area contributed by atoms with E-state index in [2.05, 4.69) is 15.3 Å². The fourth-order valence-electron chi connectivity index (χ4n) is 3.07. The molecule has 2 aromatic heterocycles. The molecular weight excluding hydrogens is 349 g/mol. The fourth-order valence-corrected chi connectivity index (χ4v) is 3.07. The Morgan fingerprint density at radius 2 is 2.04 bits per heavy atom. The number of aromatic nitrogens is 5. The van der Waals surface area contributed by atoms with Crippen LogP contribution in [0, 0.1) is 18.2 Å². The molecule has 1 aliphatic rings. The Bertz CT molecular complexity index is 1050. The van der Waals surface area contributed by atoms with Crippen LogP contribution in [0.15, 0.2) is 24.5 Å². The van der Waals surface area contributed by atoms with Crippen LogP contribution in [0.5, 0.6) is 0 Å². The minimum atomic E-state index is -0.471. The number of aryl methyl sites for hydroxylation is 1. The zero-order chi connectivity index (χ0) is 19.3. The predicted octanol–water partition coefficient (Wildman–Crippen LogP) is 3.01. The van der Waals surface area contributed by atoms with Crippen LogP contribution < -0.4 is 0 Å². The lowest BCUT2D eigenvalue weighted by Crippen LogP contribution is -2.19. The first kappa shape index (κ1) is 17.4. The van der Waals surface area contributed by atoms with Gasteiger partial charge in [-0.05, 0) is 24.5 Å². The van der Waals surface area contributed by atoms with Gasteiger partial charge in [-0.25, -0.2) is 18.9 Å². The van der Waals surface area contributed by atoms with Crippen molar-refractivity contribution in [3.8, 4) is 11.4 Å². The summed E-state index contributed by atoms with van der Waals surface area (Å²) in [4.78, 5) is 16.9. The number of imidazole rings is 1. The molecule has 1 aliphatic heterocycles. The van der Waals surface area contributed by atoms with E-state index in [-0.39, 0.29) is 16.9 Å². The number of halogens is 1. The van der Waals surface area contributed by atoms with Gasteiger partial charge in [-0.15, -0.1) is 5.10 Å². The third kappa shape index (κ3) is 3.01. The van der Waals surface area contributed by atoms with Gasteiger partial charge in [0.15, 0.2) is 5.69 Å². The maximum Gasteiger partial charge on any atom is 0.358 e. The van der Waals surface area contributed by atoms with E-state index in [0.717, 1.165) is 5.69 Å². The van der Waals surface area contributed by atoms with E-state index in [9.17, 15) is 9.18 Å². The number of carbonyl (C=O) groups is 1. The van der Waals surface area contributed by atoms with Crippen molar-refractivity contribution in [2.75, 3.05) is 6.61 Å². The highest BCUT2D eigenvalue weighted by molar-refractivity contribution is 5.89. The van der Waals surface area contributed by atoms with Gasteiger partial charge in [0.05, 0.1) is 35.1 Å². The zero-order valence-electron chi connectivity index (χ0n) is 15.7. The number of ether oxygens (including phenoxy) is 1. The summed E-state index contributed by atoms with van der Waals surface area (Å²) in [5.74, 6) is -0.845. The van der Waals surface area contributed by atoms with Crippen molar-refractivity contribution >= 4 is 5.97 Å². The zero-order valence-corrected chi connectivity index (χ0v) is 15.7. The molecule has 0 amide bonds. The van der Waals surface area contributed by atoms with Crippen LogP contribution in [0.4, 0.5) is 4.39 Å². The first-order chi connectivity index (χ1) is 12.7. The quantitative estimate of drug-likeness (QED) is 0.508. The number of hydrogen-bond donors (Lipinski definition) is 0. The lowest BCUT2D eigenvalue weighted by molar-refractivity contribution is 0.0359. The second-order valence-corrected chi connectivity index (χ2v) is 7.89. The molecule has 7 nitrogen and oxygen atoms in total. The molecular formula is C19H20FN5O2. The van der Waals surface area contributed by atoms with E-state index in [1.807, 2.05) is 27.7 Å². The molecule has 0 atom stereocenters. The molecule has 0 saturated carbocycles. The Hall–Kier alpha value is -3.03. The van der Waals surface area contributed by atoms with Crippen LogP contribution in [-0.4, -0.2) is 37.1 Å². The number of fused-ring (bicyclic) bond motifs is 5. The first-order valence-electron chi connectivity index (χ1n) is 8.69. The van der Waals surface area contributed by atoms with Crippen molar-refractivity contribution < 1.29 is 13.9 Å². The van der Waals surface area contributed by atoms with Crippen molar-refractivity contribution in [3.05, 3.63) is 53.1 Å². The van der Waals surface area contributed by atoms with Gasteiger partial charge in [-0.2, -0.15) is 0 Å². The topological polar surface area (TPSA) is 74.8 Å². The average molecular weight is 369 g/mol. The van der Waals surface area contributed by atoms with Crippen molar-refractivity contribution in [2.45, 2.75) is 34.1 Å². The Morgan fingerprint density at radius 1 is 1.26 bits per heavy atom. The Labute approximate surface area is 155 Å². The van der Waals surface area contributed by atoms with Crippen molar-refractivity contribution in [1.29, 1.82) is 0 Å². The van der Waals surface area contributed by atoms with Crippen LogP contribution in [0.2, 0.25) is 0 Å². The van der Waals surface area contributed by atoms with Gasteiger partial charge >= 0.3 is 5.97 Å². The smallest absolute Gasteiger partial charge is 0.358 e. The molecule has 0 radical (unpaired) electrons. The number of benzene rings is 1. The Morgan fingerprint density at radius 3 is 2.78 bits per heavy atom. The second-order valence-electron chi connectivity index (χ2n) is 7.89. The number of esters is 1. The molecule has 1 aromatic carbocycles. The van der Waals surface area contributed by atoms with Gasteiger partial charge in [-0.3, -0.25) is 4.57 Å². The standard InChI is InChI=1S/C19H20FN5O2/c1-11-14-8-16-17(18(26)27-9-19(2,3)4)21-10-24(16)13-6-5-12(20)7-15(13)25(14)23-22-11/h5-7,10H,8-9H2,1-4H3. The number of rotatable bonds is 2. The molecule has 27 heavy (non-hydrogen) atoms. The normalized spacial score (nSPS) is 12.8. The Balaban J connectivity index is 1.84. The molecule has 0 aliphatic carbocycles. The number of hydrogen-bond acceptors (Lipinski definition) is 5. The van der Waals surface area contributed by atoms with E-state index in [0.29, 0.717) is 35.8 Å².